The maximum Gasteiger partial charge on any atom is 0.243 e. The van der Waals surface area contributed by atoms with Crippen LogP contribution in [0.15, 0.2) is 0 Å². The molecule has 1 heterocycles. The van der Waals surface area contributed by atoms with E-state index in [0.29, 0.717) is 6.42 Å². The first-order valence-corrected chi connectivity index (χ1v) is 3.76. The number of piperazine rings is 1. The van der Waals surface area contributed by atoms with Crippen molar-refractivity contribution in [1.29, 1.82) is 0 Å². The first kappa shape index (κ1) is 8.04. The van der Waals surface area contributed by atoms with Gasteiger partial charge in [-0.2, -0.15) is 0 Å². The van der Waals surface area contributed by atoms with Crippen LogP contribution in [0.4, 0.5) is 0 Å². The molecule has 0 aromatic rings. The van der Waals surface area contributed by atoms with Crippen molar-refractivity contribution >= 4 is 11.8 Å². The Kier molecular flexibility index (Phi) is 2.12. The predicted octanol–water partition coefficient (Wildman–Crippen LogP) is -0.601. The zero-order chi connectivity index (χ0) is 8.43. The zero-order valence-corrected chi connectivity index (χ0v) is 6.68. The topological polar surface area (TPSA) is 58.2 Å². The summed E-state index contributed by atoms with van der Waals surface area (Å²) < 4.78 is 0. The van der Waals surface area contributed by atoms with Crippen LogP contribution in [-0.4, -0.2) is 23.9 Å². The quantitative estimate of drug-likeness (QED) is 0.532. The minimum Gasteiger partial charge on any atom is -0.343 e. The molecule has 0 aromatic carbocycles. The lowest BCUT2D eigenvalue weighted by Crippen LogP contribution is -2.60. The molecule has 0 aliphatic carbocycles. The molecule has 0 unspecified atom stereocenters. The molecule has 0 saturated carbocycles. The standard InChI is InChI=1S/C7H12N2O2/c1-3-5-7(11)8-4(2)6(10)9-5/h4-5H,3H2,1-2H3,(H,8,11)(H,9,10)/t4-,5+/m1/s1. The zero-order valence-electron chi connectivity index (χ0n) is 6.68. The van der Waals surface area contributed by atoms with Gasteiger partial charge in [-0.3, -0.25) is 9.59 Å². The van der Waals surface area contributed by atoms with Crippen LogP contribution in [0.5, 0.6) is 0 Å². The summed E-state index contributed by atoms with van der Waals surface area (Å²) in [4.78, 5) is 22.0. The molecule has 4 nitrogen and oxygen atoms in total. The number of hydrogen-bond donors (Lipinski definition) is 2. The van der Waals surface area contributed by atoms with Crippen LogP contribution in [0.3, 0.4) is 0 Å². The average Bonchev–Trinajstić information content (AvgIpc) is 1.97. The fraction of sp³-hybridized carbons (Fsp3) is 0.714. The van der Waals surface area contributed by atoms with Crippen LogP contribution in [0.1, 0.15) is 20.3 Å². The molecule has 1 aliphatic rings. The summed E-state index contributed by atoms with van der Waals surface area (Å²) in [5.74, 6) is -0.184. The van der Waals surface area contributed by atoms with Crippen molar-refractivity contribution in [1.82, 2.24) is 10.6 Å². The third-order valence-corrected chi connectivity index (χ3v) is 1.79. The van der Waals surface area contributed by atoms with Gasteiger partial charge in [-0.25, -0.2) is 0 Å². The van der Waals surface area contributed by atoms with Gasteiger partial charge in [-0.1, -0.05) is 6.92 Å². The molecule has 1 saturated heterocycles. The van der Waals surface area contributed by atoms with Crippen LogP contribution >= 0.6 is 0 Å². The highest BCUT2D eigenvalue weighted by Gasteiger charge is 2.29. The fourth-order valence-corrected chi connectivity index (χ4v) is 1.03. The molecule has 0 radical (unpaired) electrons. The van der Waals surface area contributed by atoms with Crippen LogP contribution < -0.4 is 10.6 Å². The van der Waals surface area contributed by atoms with Gasteiger partial charge in [0.05, 0.1) is 0 Å². The smallest absolute Gasteiger partial charge is 0.243 e. The van der Waals surface area contributed by atoms with Crippen molar-refractivity contribution in [2.75, 3.05) is 0 Å². The van der Waals surface area contributed by atoms with E-state index >= 15 is 0 Å². The Morgan fingerprint density at radius 1 is 1.27 bits per heavy atom. The molecule has 62 valence electrons. The Labute approximate surface area is 65.3 Å². The molecular formula is C7H12N2O2. The van der Waals surface area contributed by atoms with E-state index in [2.05, 4.69) is 10.6 Å². The van der Waals surface area contributed by atoms with Gasteiger partial charge in [0.2, 0.25) is 11.8 Å². The fourth-order valence-electron chi connectivity index (χ4n) is 1.03. The van der Waals surface area contributed by atoms with E-state index in [1.165, 1.54) is 0 Å². The van der Waals surface area contributed by atoms with Crippen molar-refractivity contribution in [2.45, 2.75) is 32.4 Å². The van der Waals surface area contributed by atoms with Crippen LogP contribution in [0.2, 0.25) is 0 Å². The highest BCUT2D eigenvalue weighted by Crippen LogP contribution is 1.99. The molecule has 0 spiro atoms. The van der Waals surface area contributed by atoms with Crippen LogP contribution in [0, 0.1) is 0 Å². The summed E-state index contributed by atoms with van der Waals surface area (Å²) in [6.07, 6.45) is 0.643. The van der Waals surface area contributed by atoms with E-state index in [1.54, 1.807) is 6.92 Å². The molecule has 2 atom stereocenters. The van der Waals surface area contributed by atoms with E-state index in [0.717, 1.165) is 0 Å². The maximum atomic E-state index is 11.1. The molecule has 4 heteroatoms. The van der Waals surface area contributed by atoms with Gasteiger partial charge in [0, 0.05) is 0 Å². The average molecular weight is 156 g/mol. The lowest BCUT2D eigenvalue weighted by atomic mass is 10.1. The minimum absolute atomic E-state index is 0.0837. The Balaban J connectivity index is 2.62. The van der Waals surface area contributed by atoms with E-state index in [9.17, 15) is 9.59 Å². The van der Waals surface area contributed by atoms with Gasteiger partial charge in [0.15, 0.2) is 0 Å². The highest BCUT2D eigenvalue weighted by atomic mass is 16.2. The number of carbonyl (C=O) groups excluding carboxylic acids is 2. The van der Waals surface area contributed by atoms with E-state index in [1.807, 2.05) is 6.92 Å². The van der Waals surface area contributed by atoms with Gasteiger partial charge in [0.25, 0.3) is 0 Å². The summed E-state index contributed by atoms with van der Waals surface area (Å²) in [5, 5.41) is 5.19. The summed E-state index contributed by atoms with van der Waals surface area (Å²) >= 11 is 0. The Bertz CT molecular complexity index is 191. The molecule has 1 fully saturated rings. The normalized spacial score (nSPS) is 31.1. The largest absolute Gasteiger partial charge is 0.343 e. The number of carbonyl (C=O) groups is 2. The third kappa shape index (κ3) is 1.50. The molecule has 2 amide bonds. The monoisotopic (exact) mass is 156 g/mol. The number of rotatable bonds is 1. The van der Waals surface area contributed by atoms with Crippen LogP contribution in [-0.2, 0) is 9.59 Å². The third-order valence-electron chi connectivity index (χ3n) is 1.79. The van der Waals surface area contributed by atoms with Crippen molar-refractivity contribution in [2.24, 2.45) is 0 Å². The summed E-state index contributed by atoms with van der Waals surface area (Å²) in [6, 6.07) is -0.719. The van der Waals surface area contributed by atoms with E-state index < -0.39 is 0 Å². The molecule has 1 aliphatic heterocycles. The molecule has 1 rings (SSSR count). The number of nitrogens with one attached hydrogen (secondary N) is 2. The van der Waals surface area contributed by atoms with E-state index in [-0.39, 0.29) is 23.9 Å². The second-order valence-electron chi connectivity index (χ2n) is 2.70. The van der Waals surface area contributed by atoms with Crippen LogP contribution in [0.25, 0.3) is 0 Å². The number of hydrogen-bond acceptors (Lipinski definition) is 2. The Morgan fingerprint density at radius 2 is 1.91 bits per heavy atom. The van der Waals surface area contributed by atoms with Crippen molar-refractivity contribution in [3.05, 3.63) is 0 Å². The van der Waals surface area contributed by atoms with Gasteiger partial charge in [-0.05, 0) is 13.3 Å². The van der Waals surface area contributed by atoms with Crippen molar-refractivity contribution in [3.63, 3.8) is 0 Å². The Morgan fingerprint density at radius 3 is 2.45 bits per heavy atom. The van der Waals surface area contributed by atoms with Gasteiger partial charge in [-0.15, -0.1) is 0 Å². The Hall–Kier alpha value is -1.06. The molecule has 0 bridgehead atoms. The first-order valence-electron chi connectivity index (χ1n) is 3.76. The first-order chi connectivity index (χ1) is 5.15. The molecular weight excluding hydrogens is 144 g/mol. The molecule has 2 N–H and O–H groups in total. The van der Waals surface area contributed by atoms with Gasteiger partial charge in [0.1, 0.15) is 12.1 Å². The van der Waals surface area contributed by atoms with Crippen molar-refractivity contribution < 1.29 is 9.59 Å². The molecule has 11 heavy (non-hydrogen) atoms. The number of amides is 2. The molecule has 0 aromatic heterocycles. The summed E-state index contributed by atoms with van der Waals surface area (Å²) in [7, 11) is 0. The minimum atomic E-state index is -0.384. The predicted molar refractivity (Wildman–Crippen MR) is 39.8 cm³/mol. The summed E-state index contributed by atoms with van der Waals surface area (Å²) in [5.41, 5.74) is 0. The lowest BCUT2D eigenvalue weighted by molar-refractivity contribution is -0.136. The van der Waals surface area contributed by atoms with E-state index in [4.69, 9.17) is 0 Å². The lowest BCUT2D eigenvalue weighted by Gasteiger charge is -2.26. The van der Waals surface area contributed by atoms with Gasteiger partial charge < -0.3 is 10.6 Å². The summed E-state index contributed by atoms with van der Waals surface area (Å²) in [6.45, 7) is 3.53. The highest BCUT2D eigenvalue weighted by molar-refractivity contribution is 5.96. The maximum absolute atomic E-state index is 11.1. The van der Waals surface area contributed by atoms with Gasteiger partial charge >= 0.3 is 0 Å². The van der Waals surface area contributed by atoms with Crippen molar-refractivity contribution in [3.8, 4) is 0 Å². The second kappa shape index (κ2) is 2.90. The second-order valence-corrected chi connectivity index (χ2v) is 2.70. The SMILES string of the molecule is CC[C@@H]1NC(=O)[C@@H](C)NC1=O.